The summed E-state index contributed by atoms with van der Waals surface area (Å²) in [4.78, 5) is 9.71. The van der Waals surface area contributed by atoms with E-state index in [1.165, 1.54) is 6.07 Å². The van der Waals surface area contributed by atoms with Crippen molar-refractivity contribution in [3.8, 4) is 0 Å². The van der Waals surface area contributed by atoms with Gasteiger partial charge in [-0.15, -0.1) is 0 Å². The Hall–Kier alpha value is -1.36. The second-order valence-corrected chi connectivity index (χ2v) is 3.37. The molecule has 0 unspecified atom stereocenters. The van der Waals surface area contributed by atoms with Gasteiger partial charge in [0.25, 0.3) is 0 Å². The van der Waals surface area contributed by atoms with Gasteiger partial charge in [-0.3, -0.25) is 10.1 Å². The van der Waals surface area contributed by atoms with Gasteiger partial charge in [0, 0.05) is 11.8 Å². The highest BCUT2D eigenvalue weighted by Crippen LogP contribution is 2.22. The van der Waals surface area contributed by atoms with Crippen LogP contribution in [0.5, 0.6) is 0 Å². The largest absolute Gasteiger partial charge is 0.305 e. The molecule has 1 rings (SSSR count). The molecule has 0 aliphatic carbocycles. The molecular weight excluding hydrogens is 217 g/mol. The van der Waals surface area contributed by atoms with Crippen molar-refractivity contribution in [1.82, 2.24) is 0 Å². The van der Waals surface area contributed by atoms with E-state index in [0.29, 0.717) is 16.9 Å². The Morgan fingerprint density at radius 2 is 2.27 bits per heavy atom. The number of rotatable bonds is 3. The third-order valence-corrected chi connectivity index (χ3v) is 2.15. The summed E-state index contributed by atoms with van der Waals surface area (Å²) in [7, 11) is 0. The molecular formula is C10H10FNO2S. The topological polar surface area (TPSA) is 43.1 Å². The number of hydrogen-bond acceptors (Lipinski definition) is 3. The zero-order valence-electron chi connectivity index (χ0n) is 8.11. The van der Waals surface area contributed by atoms with Crippen LogP contribution in [-0.4, -0.2) is 10.7 Å². The molecule has 0 fully saturated rings. The molecule has 0 atom stereocenters. The first-order chi connectivity index (χ1) is 7.06. The molecule has 0 amide bonds. The summed E-state index contributed by atoms with van der Waals surface area (Å²) >= 11 is 3.98. The standard InChI is InChI=1S/C10H10FNO2S/c1-7-5-10(12(13)14)9(11)6-8(7)3-2-4-15/h2-3,5-6,15H,4H2,1H3. The molecule has 1 aromatic carbocycles. The van der Waals surface area contributed by atoms with Gasteiger partial charge < -0.3 is 0 Å². The van der Waals surface area contributed by atoms with Crippen molar-refractivity contribution in [1.29, 1.82) is 0 Å². The van der Waals surface area contributed by atoms with Gasteiger partial charge in [0.1, 0.15) is 0 Å². The number of nitro groups is 1. The summed E-state index contributed by atoms with van der Waals surface area (Å²) in [6, 6.07) is 2.39. The molecule has 0 saturated heterocycles. The fraction of sp³-hybridized carbons (Fsp3) is 0.200. The van der Waals surface area contributed by atoms with Gasteiger partial charge in [-0.2, -0.15) is 17.0 Å². The third-order valence-electron chi connectivity index (χ3n) is 1.94. The molecule has 15 heavy (non-hydrogen) atoms. The van der Waals surface area contributed by atoms with E-state index in [4.69, 9.17) is 0 Å². The summed E-state index contributed by atoms with van der Waals surface area (Å²) in [5, 5.41) is 10.4. The molecule has 0 aliphatic rings. The first-order valence-electron chi connectivity index (χ1n) is 4.28. The van der Waals surface area contributed by atoms with Gasteiger partial charge in [-0.1, -0.05) is 12.2 Å². The zero-order chi connectivity index (χ0) is 11.4. The quantitative estimate of drug-likeness (QED) is 0.490. The van der Waals surface area contributed by atoms with Crippen LogP contribution >= 0.6 is 12.6 Å². The highest BCUT2D eigenvalue weighted by molar-refractivity contribution is 7.80. The number of nitrogens with zero attached hydrogens (tertiary/aromatic N) is 1. The minimum Gasteiger partial charge on any atom is -0.258 e. The molecule has 80 valence electrons. The summed E-state index contributed by atoms with van der Waals surface area (Å²) < 4.78 is 13.2. The number of benzene rings is 1. The normalized spacial score (nSPS) is 10.9. The van der Waals surface area contributed by atoms with Gasteiger partial charge in [0.05, 0.1) is 4.92 Å². The van der Waals surface area contributed by atoms with E-state index in [9.17, 15) is 14.5 Å². The summed E-state index contributed by atoms with van der Waals surface area (Å²) in [6.45, 7) is 1.70. The van der Waals surface area contributed by atoms with E-state index >= 15 is 0 Å². The Bertz CT molecular complexity index is 418. The molecule has 5 heteroatoms. The lowest BCUT2D eigenvalue weighted by Crippen LogP contribution is -1.95. The monoisotopic (exact) mass is 227 g/mol. The summed E-state index contributed by atoms with van der Waals surface area (Å²) in [6.07, 6.45) is 3.44. The van der Waals surface area contributed by atoms with Crippen LogP contribution in [0.25, 0.3) is 6.08 Å². The van der Waals surface area contributed by atoms with Crippen molar-refractivity contribution in [2.45, 2.75) is 6.92 Å². The van der Waals surface area contributed by atoms with Crippen molar-refractivity contribution in [2.24, 2.45) is 0 Å². The predicted molar refractivity (Wildman–Crippen MR) is 60.7 cm³/mol. The first kappa shape index (κ1) is 11.7. The average Bonchev–Trinajstić information content (AvgIpc) is 2.18. The number of thiol groups is 1. The molecule has 0 radical (unpaired) electrons. The Morgan fingerprint density at radius 3 is 2.80 bits per heavy atom. The lowest BCUT2D eigenvalue weighted by atomic mass is 10.1. The summed E-state index contributed by atoms with van der Waals surface area (Å²) in [5.74, 6) is -0.276. The maximum Gasteiger partial charge on any atom is 0.305 e. The van der Waals surface area contributed by atoms with E-state index in [2.05, 4.69) is 12.6 Å². The molecule has 0 saturated carbocycles. The van der Waals surface area contributed by atoms with Crippen LogP contribution in [0.4, 0.5) is 10.1 Å². The molecule has 0 N–H and O–H groups in total. The predicted octanol–water partition coefficient (Wildman–Crippen LogP) is 2.99. The van der Waals surface area contributed by atoms with Crippen LogP contribution in [0.2, 0.25) is 0 Å². The maximum absolute atomic E-state index is 13.2. The van der Waals surface area contributed by atoms with Crippen molar-refractivity contribution >= 4 is 24.4 Å². The molecule has 1 aromatic rings. The highest BCUT2D eigenvalue weighted by atomic mass is 32.1. The second-order valence-electron chi connectivity index (χ2n) is 3.00. The minimum absolute atomic E-state index is 0.490. The van der Waals surface area contributed by atoms with Gasteiger partial charge in [-0.05, 0) is 24.1 Å². The smallest absolute Gasteiger partial charge is 0.258 e. The van der Waals surface area contributed by atoms with Crippen LogP contribution in [0.1, 0.15) is 11.1 Å². The van der Waals surface area contributed by atoms with Crippen molar-refractivity contribution in [3.63, 3.8) is 0 Å². The van der Waals surface area contributed by atoms with E-state index in [-0.39, 0.29) is 0 Å². The lowest BCUT2D eigenvalue weighted by Gasteiger charge is -2.01. The second kappa shape index (κ2) is 4.93. The third kappa shape index (κ3) is 2.79. The highest BCUT2D eigenvalue weighted by Gasteiger charge is 2.15. The van der Waals surface area contributed by atoms with E-state index < -0.39 is 16.4 Å². The number of halogens is 1. The van der Waals surface area contributed by atoms with E-state index in [1.54, 1.807) is 19.1 Å². The molecule has 0 bridgehead atoms. The Morgan fingerprint density at radius 1 is 1.60 bits per heavy atom. The SMILES string of the molecule is Cc1cc([N+](=O)[O-])c(F)cc1C=CCS. The maximum atomic E-state index is 13.2. The van der Waals surface area contributed by atoms with Gasteiger partial charge >= 0.3 is 5.69 Å². The summed E-state index contributed by atoms with van der Waals surface area (Å²) in [5.41, 5.74) is 0.809. The molecule has 0 aliphatic heterocycles. The van der Waals surface area contributed by atoms with Crippen molar-refractivity contribution in [3.05, 3.63) is 45.3 Å². The fourth-order valence-corrected chi connectivity index (χ4v) is 1.29. The van der Waals surface area contributed by atoms with Gasteiger partial charge in [0.2, 0.25) is 5.82 Å². The van der Waals surface area contributed by atoms with Crippen molar-refractivity contribution in [2.75, 3.05) is 5.75 Å². The van der Waals surface area contributed by atoms with Crippen LogP contribution in [-0.2, 0) is 0 Å². The Kier molecular flexibility index (Phi) is 3.85. The average molecular weight is 227 g/mol. The molecule has 0 aromatic heterocycles. The molecule has 3 nitrogen and oxygen atoms in total. The molecule has 0 heterocycles. The van der Waals surface area contributed by atoms with Crippen LogP contribution in [0, 0.1) is 22.9 Å². The van der Waals surface area contributed by atoms with Crippen molar-refractivity contribution < 1.29 is 9.31 Å². The first-order valence-corrected chi connectivity index (χ1v) is 4.91. The van der Waals surface area contributed by atoms with Crippen LogP contribution in [0.3, 0.4) is 0 Å². The van der Waals surface area contributed by atoms with Gasteiger partial charge in [-0.25, -0.2) is 0 Å². The Labute approximate surface area is 92.2 Å². The number of hydrogen-bond donors (Lipinski definition) is 1. The fourth-order valence-electron chi connectivity index (χ4n) is 1.18. The lowest BCUT2D eigenvalue weighted by molar-refractivity contribution is -0.387. The van der Waals surface area contributed by atoms with Gasteiger partial charge in [0.15, 0.2) is 0 Å². The zero-order valence-corrected chi connectivity index (χ0v) is 9.00. The van der Waals surface area contributed by atoms with E-state index in [0.717, 1.165) is 6.07 Å². The minimum atomic E-state index is -0.815. The van der Waals surface area contributed by atoms with Crippen LogP contribution in [0.15, 0.2) is 18.2 Å². The molecule has 0 spiro atoms. The number of aryl methyl sites for hydroxylation is 1. The Balaban J connectivity index is 3.19. The van der Waals surface area contributed by atoms with E-state index in [1.807, 2.05) is 0 Å². The van der Waals surface area contributed by atoms with Crippen LogP contribution < -0.4 is 0 Å². The number of nitro benzene ring substituents is 1.